The number of sulfonamides is 1. The summed E-state index contributed by atoms with van der Waals surface area (Å²) in [5.41, 5.74) is -0.101. The molecular weight excluding hydrogens is 511 g/mol. The molecule has 0 aliphatic rings. The molecule has 0 unspecified atom stereocenters. The van der Waals surface area contributed by atoms with E-state index in [0.717, 1.165) is 12.1 Å². The van der Waals surface area contributed by atoms with Crippen molar-refractivity contribution in [2.24, 2.45) is 0 Å². The molecule has 3 aromatic carbocycles. The van der Waals surface area contributed by atoms with Gasteiger partial charge in [-0.25, -0.2) is 8.42 Å². The minimum Gasteiger partial charge on any atom is -0.495 e. The lowest BCUT2D eigenvalue weighted by atomic mass is 10.2. The van der Waals surface area contributed by atoms with E-state index in [9.17, 15) is 31.2 Å². The maximum atomic E-state index is 13.7. The number of halogens is 3. The number of nitrogens with one attached hydrogen (secondary N) is 2. The number of ether oxygens (including phenoxy) is 1. The fourth-order valence-electron chi connectivity index (χ4n) is 3.43. The summed E-state index contributed by atoms with van der Waals surface area (Å²) in [5.74, 6) is -1.12. The number of carbonyl (C=O) groups excluding carboxylic acids is 2. The second kappa shape index (κ2) is 10.9. The molecule has 8 nitrogen and oxygen atoms in total. The van der Waals surface area contributed by atoms with Gasteiger partial charge in [-0.1, -0.05) is 12.1 Å². The number of benzene rings is 3. The molecular formula is C25H24F3N3O5S. The Morgan fingerprint density at radius 1 is 0.946 bits per heavy atom. The van der Waals surface area contributed by atoms with Gasteiger partial charge in [-0.3, -0.25) is 13.9 Å². The van der Waals surface area contributed by atoms with Gasteiger partial charge in [-0.2, -0.15) is 13.2 Å². The van der Waals surface area contributed by atoms with Crippen molar-refractivity contribution in [1.82, 2.24) is 0 Å². The standard InChI is InChI=1S/C25H24F3N3O5S/c1-16-7-12-22(36-3)23(13-16)37(34,35)31(21-6-4-5-18(14-21)25(26,27)28)15-24(33)30-20-10-8-19(9-11-20)29-17(2)32/h4-14H,15H2,1-3H3,(H,29,32)(H,30,33). The molecule has 3 rings (SSSR count). The summed E-state index contributed by atoms with van der Waals surface area (Å²) >= 11 is 0. The summed E-state index contributed by atoms with van der Waals surface area (Å²) in [7, 11) is -3.30. The first-order chi connectivity index (χ1) is 17.3. The van der Waals surface area contributed by atoms with Gasteiger partial charge in [0.15, 0.2) is 0 Å². The Labute approximate surface area is 212 Å². The predicted molar refractivity (Wildman–Crippen MR) is 133 cm³/mol. The van der Waals surface area contributed by atoms with Crippen LogP contribution in [0.25, 0.3) is 0 Å². The quantitative estimate of drug-likeness (QED) is 0.431. The topological polar surface area (TPSA) is 105 Å². The van der Waals surface area contributed by atoms with Gasteiger partial charge in [0.1, 0.15) is 17.2 Å². The van der Waals surface area contributed by atoms with E-state index >= 15 is 0 Å². The van der Waals surface area contributed by atoms with E-state index in [0.29, 0.717) is 21.6 Å². The first-order valence-corrected chi connectivity index (χ1v) is 12.3. The number of rotatable bonds is 8. The minimum atomic E-state index is -4.73. The van der Waals surface area contributed by atoms with Gasteiger partial charge >= 0.3 is 6.18 Å². The van der Waals surface area contributed by atoms with Crippen molar-refractivity contribution < 1.29 is 35.9 Å². The maximum Gasteiger partial charge on any atom is 0.416 e. The van der Waals surface area contributed by atoms with Gasteiger partial charge < -0.3 is 15.4 Å². The van der Waals surface area contributed by atoms with E-state index < -0.39 is 34.2 Å². The highest BCUT2D eigenvalue weighted by Crippen LogP contribution is 2.35. The van der Waals surface area contributed by atoms with Gasteiger partial charge in [0, 0.05) is 18.3 Å². The summed E-state index contributed by atoms with van der Waals surface area (Å²) in [5, 5.41) is 5.09. The Hall–Kier alpha value is -4.06. The highest BCUT2D eigenvalue weighted by molar-refractivity contribution is 7.93. The lowest BCUT2D eigenvalue weighted by molar-refractivity contribution is -0.137. The van der Waals surface area contributed by atoms with Gasteiger partial charge in [0.2, 0.25) is 11.8 Å². The zero-order valence-corrected chi connectivity index (χ0v) is 20.9. The average Bonchev–Trinajstić information content (AvgIpc) is 2.83. The molecule has 196 valence electrons. The number of methoxy groups -OCH3 is 1. The molecule has 2 N–H and O–H groups in total. The van der Waals surface area contributed by atoms with Crippen molar-refractivity contribution in [3.8, 4) is 5.75 Å². The molecule has 0 aromatic heterocycles. The van der Waals surface area contributed by atoms with Crippen LogP contribution in [-0.2, 0) is 25.8 Å². The summed E-state index contributed by atoms with van der Waals surface area (Å²) < 4.78 is 73.4. The SMILES string of the molecule is COc1ccc(C)cc1S(=O)(=O)N(CC(=O)Nc1ccc(NC(C)=O)cc1)c1cccc(C(F)(F)F)c1. The molecule has 0 spiro atoms. The summed E-state index contributed by atoms with van der Waals surface area (Å²) in [4.78, 5) is 23.8. The molecule has 0 saturated heterocycles. The van der Waals surface area contributed by atoms with Crippen molar-refractivity contribution in [2.45, 2.75) is 24.9 Å². The second-order valence-electron chi connectivity index (χ2n) is 8.02. The fourth-order valence-corrected chi connectivity index (χ4v) is 5.08. The van der Waals surface area contributed by atoms with Crippen LogP contribution in [0.3, 0.4) is 0 Å². The van der Waals surface area contributed by atoms with Crippen LogP contribution in [0.2, 0.25) is 0 Å². The van der Waals surface area contributed by atoms with Crippen LogP contribution in [0.4, 0.5) is 30.2 Å². The fraction of sp³-hybridized carbons (Fsp3) is 0.200. The highest BCUT2D eigenvalue weighted by atomic mass is 32.2. The third-order valence-electron chi connectivity index (χ3n) is 5.12. The Balaban J connectivity index is 2.01. The first kappa shape index (κ1) is 27.5. The van der Waals surface area contributed by atoms with Gasteiger partial charge in [0.05, 0.1) is 18.4 Å². The number of amides is 2. The van der Waals surface area contributed by atoms with Crippen LogP contribution in [-0.4, -0.2) is 33.9 Å². The van der Waals surface area contributed by atoms with E-state index in [1.54, 1.807) is 13.0 Å². The molecule has 0 bridgehead atoms. The lowest BCUT2D eigenvalue weighted by Crippen LogP contribution is -2.38. The third-order valence-corrected chi connectivity index (χ3v) is 6.92. The van der Waals surface area contributed by atoms with Crippen molar-refractivity contribution >= 4 is 38.9 Å². The molecule has 0 aliphatic heterocycles. The molecule has 0 fully saturated rings. The predicted octanol–water partition coefficient (Wildman–Crippen LogP) is 4.81. The molecule has 3 aromatic rings. The van der Waals surface area contributed by atoms with E-state index in [-0.39, 0.29) is 27.9 Å². The smallest absolute Gasteiger partial charge is 0.416 e. The van der Waals surface area contributed by atoms with Crippen LogP contribution >= 0.6 is 0 Å². The lowest BCUT2D eigenvalue weighted by Gasteiger charge is -2.26. The third kappa shape index (κ3) is 6.79. The van der Waals surface area contributed by atoms with E-state index in [1.807, 2.05) is 0 Å². The average molecular weight is 536 g/mol. The second-order valence-corrected chi connectivity index (χ2v) is 9.85. The number of anilines is 3. The minimum absolute atomic E-state index is 0.0310. The van der Waals surface area contributed by atoms with Crippen LogP contribution in [0.1, 0.15) is 18.1 Å². The Bertz CT molecular complexity index is 1410. The summed E-state index contributed by atoms with van der Waals surface area (Å²) in [6.07, 6.45) is -4.73. The Morgan fingerprint density at radius 3 is 2.14 bits per heavy atom. The van der Waals surface area contributed by atoms with E-state index in [2.05, 4.69) is 10.6 Å². The van der Waals surface area contributed by atoms with Crippen molar-refractivity contribution in [3.63, 3.8) is 0 Å². The number of nitrogens with zero attached hydrogens (tertiary/aromatic N) is 1. The van der Waals surface area contributed by atoms with Crippen molar-refractivity contribution in [1.29, 1.82) is 0 Å². The van der Waals surface area contributed by atoms with Gasteiger partial charge in [0.25, 0.3) is 10.0 Å². The monoisotopic (exact) mass is 535 g/mol. The Kier molecular flexibility index (Phi) is 8.12. The maximum absolute atomic E-state index is 13.7. The van der Waals surface area contributed by atoms with Crippen LogP contribution < -0.4 is 19.7 Å². The van der Waals surface area contributed by atoms with Crippen LogP contribution in [0, 0.1) is 6.92 Å². The van der Waals surface area contributed by atoms with Crippen LogP contribution in [0.5, 0.6) is 5.75 Å². The molecule has 0 heterocycles. The molecule has 0 saturated carbocycles. The largest absolute Gasteiger partial charge is 0.495 e. The number of aryl methyl sites for hydroxylation is 1. The van der Waals surface area contributed by atoms with Crippen LogP contribution in [0.15, 0.2) is 71.6 Å². The number of alkyl halides is 3. The number of carbonyl (C=O) groups is 2. The molecule has 2 amide bonds. The van der Waals surface area contributed by atoms with E-state index in [1.165, 1.54) is 56.5 Å². The zero-order valence-electron chi connectivity index (χ0n) is 20.1. The normalized spacial score (nSPS) is 11.5. The van der Waals surface area contributed by atoms with Crippen molar-refractivity contribution in [3.05, 3.63) is 77.9 Å². The van der Waals surface area contributed by atoms with E-state index in [4.69, 9.17) is 4.74 Å². The summed E-state index contributed by atoms with van der Waals surface area (Å²) in [6, 6.07) is 14.1. The molecule has 12 heteroatoms. The van der Waals surface area contributed by atoms with Gasteiger partial charge in [-0.05, 0) is 67.1 Å². The first-order valence-electron chi connectivity index (χ1n) is 10.8. The molecule has 37 heavy (non-hydrogen) atoms. The Morgan fingerprint density at radius 2 is 1.57 bits per heavy atom. The summed E-state index contributed by atoms with van der Waals surface area (Å²) in [6.45, 7) is 2.15. The number of hydrogen-bond acceptors (Lipinski definition) is 5. The molecule has 0 aliphatic carbocycles. The number of hydrogen-bond donors (Lipinski definition) is 2. The van der Waals surface area contributed by atoms with Gasteiger partial charge in [-0.15, -0.1) is 0 Å². The molecule has 0 atom stereocenters. The van der Waals surface area contributed by atoms with Crippen molar-refractivity contribution in [2.75, 3.05) is 28.6 Å². The molecule has 0 radical (unpaired) electrons. The highest BCUT2D eigenvalue weighted by Gasteiger charge is 2.34. The zero-order chi connectivity index (χ0) is 27.4.